The molecule has 3 aliphatic heterocycles. The highest BCUT2D eigenvalue weighted by Gasteiger charge is 2.35. The van der Waals surface area contributed by atoms with E-state index in [9.17, 15) is 72.7 Å². The Bertz CT molecular complexity index is 6700. The van der Waals surface area contributed by atoms with E-state index < -0.39 is 57.0 Å². The van der Waals surface area contributed by atoms with Gasteiger partial charge in [-0.25, -0.2) is 45.2 Å². The van der Waals surface area contributed by atoms with Crippen molar-refractivity contribution in [2.75, 3.05) is 99.0 Å². The number of piperidine rings is 2. The van der Waals surface area contributed by atoms with Crippen molar-refractivity contribution in [2.45, 2.75) is 172 Å². The van der Waals surface area contributed by atoms with E-state index in [1.165, 1.54) is 75.9 Å². The minimum atomic E-state index is -4.42. The Labute approximate surface area is 793 Å². The molecule has 0 radical (unpaired) electrons. The van der Waals surface area contributed by atoms with Gasteiger partial charge in [0.05, 0.1) is 116 Å². The number of aryl methyl sites for hydroxylation is 8. The van der Waals surface area contributed by atoms with Gasteiger partial charge in [0.2, 0.25) is 20.0 Å². The van der Waals surface area contributed by atoms with Crippen LogP contribution in [0.25, 0.3) is 89.7 Å². The summed E-state index contributed by atoms with van der Waals surface area (Å²) in [4.78, 5) is 82.4. The monoisotopic (exact) mass is 1990 g/mol. The average molecular weight is 2000 g/mol. The predicted molar refractivity (Wildman–Crippen MR) is 515 cm³/mol. The molecule has 47 heteroatoms. The van der Waals surface area contributed by atoms with Gasteiger partial charge in [0.25, 0.3) is 41.4 Å². The van der Waals surface area contributed by atoms with E-state index in [1.807, 2.05) is 48.6 Å². The Hall–Kier alpha value is -10.5. The summed E-state index contributed by atoms with van der Waals surface area (Å²) >= 11 is 0. The summed E-state index contributed by atoms with van der Waals surface area (Å²) in [6, 6.07) is 17.3. The molecule has 2 atom stereocenters. The molecule has 3 saturated heterocycles. The largest absolute Gasteiger partial charge is 0.493 e. The van der Waals surface area contributed by atoms with Crippen molar-refractivity contribution >= 4 is 106 Å². The normalized spacial score (nSPS) is 14.8. The molecule has 3 fully saturated rings. The van der Waals surface area contributed by atoms with Gasteiger partial charge >= 0.3 is 0 Å². The smallest absolute Gasteiger partial charge is 0.294 e. The van der Waals surface area contributed by atoms with Crippen LogP contribution in [0.3, 0.4) is 0 Å². The fourth-order valence-electron chi connectivity index (χ4n) is 16.0. The molecule has 4 aromatic carbocycles. The van der Waals surface area contributed by atoms with E-state index in [2.05, 4.69) is 65.5 Å². The maximum absolute atomic E-state index is 13.5. The summed E-state index contributed by atoms with van der Waals surface area (Å²) in [7, 11) is -1.71. The number of sulfonamides is 2. The molecule has 15 rings (SSSR count). The number of H-pyrrole nitrogens is 4. The van der Waals surface area contributed by atoms with Crippen molar-refractivity contribution in [3.8, 4) is 68.5 Å². The molecule has 12 aromatic rings. The second-order valence-electron chi connectivity index (χ2n) is 32.0. The van der Waals surface area contributed by atoms with Gasteiger partial charge in [0, 0.05) is 78.1 Å². The molecule has 0 amide bonds. The molecule has 8 aromatic heterocycles. The van der Waals surface area contributed by atoms with Gasteiger partial charge < -0.3 is 69.5 Å². The van der Waals surface area contributed by atoms with Crippen LogP contribution in [0.5, 0.6) is 23.0 Å². The summed E-state index contributed by atoms with van der Waals surface area (Å²) in [5, 5.41) is 57.8. The Morgan fingerprint density at radius 2 is 0.674 bits per heavy atom. The van der Waals surface area contributed by atoms with Gasteiger partial charge in [0.1, 0.15) is 68.4 Å². The quantitative estimate of drug-likeness (QED) is 0.0151. The van der Waals surface area contributed by atoms with Gasteiger partial charge in [-0.1, -0.05) is 60.8 Å². The fourth-order valence-corrected chi connectivity index (χ4v) is 20.2. The number of likely N-dealkylation sites (N-methyl/N-ethyl adjacent to an activating group) is 1. The number of rotatable bonds is 30. The molecule has 3 aliphatic rings. The zero-order valence-electron chi connectivity index (χ0n) is 77.0. The van der Waals surface area contributed by atoms with Gasteiger partial charge in [-0.05, 0) is 184 Å². The molecular weight excluding hydrogens is 1870 g/mol. The minimum Gasteiger partial charge on any atom is -0.493 e. The van der Waals surface area contributed by atoms with Crippen LogP contribution >= 0.6 is 23.1 Å². The number of aromatic amines is 4. The lowest BCUT2D eigenvalue weighted by Gasteiger charge is -2.33. The van der Waals surface area contributed by atoms with Crippen molar-refractivity contribution in [3.05, 3.63) is 137 Å². The van der Waals surface area contributed by atoms with Crippen molar-refractivity contribution in [2.24, 2.45) is 40.0 Å². The van der Waals surface area contributed by atoms with Crippen molar-refractivity contribution in [3.63, 3.8) is 0 Å². The number of nitrogens with zero attached hydrogens (tertiary/aromatic N) is 15. The molecule has 0 spiro atoms. The molecule has 0 saturated carbocycles. The lowest BCUT2D eigenvalue weighted by molar-refractivity contribution is 0.0278. The van der Waals surface area contributed by atoms with E-state index >= 15 is 0 Å². The van der Waals surface area contributed by atoms with Gasteiger partial charge in [-0.15, -0.1) is 12.4 Å². The molecule has 41 nitrogen and oxygen atoms in total. The molecule has 738 valence electrons. The highest BCUT2D eigenvalue weighted by molar-refractivity contribution is 8.13. The second-order valence-corrected chi connectivity index (χ2v) is 39.9. The lowest BCUT2D eigenvalue weighted by Crippen LogP contribution is -2.47. The molecule has 0 aliphatic carbocycles. The fraction of sp³-hybridized carbons (Fsp3) is 0.500. The summed E-state index contributed by atoms with van der Waals surface area (Å²) in [6.07, 6.45) is 7.57. The highest BCUT2D eigenvalue weighted by atomic mass is 35.7. The summed E-state index contributed by atoms with van der Waals surface area (Å²) in [5.74, 6) is 2.58. The van der Waals surface area contributed by atoms with Crippen LogP contribution in [-0.2, 0) is 93.1 Å². The molecule has 10 N–H and O–H groups in total. The Morgan fingerprint density at radius 3 is 0.948 bits per heavy atom. The van der Waals surface area contributed by atoms with E-state index in [0.29, 0.717) is 198 Å². The maximum Gasteiger partial charge on any atom is 0.294 e. The van der Waals surface area contributed by atoms with Crippen LogP contribution in [0.15, 0.2) is 112 Å². The first-order valence-electron chi connectivity index (χ1n) is 44.1. The number of nitrogens with one attached hydrogen (secondary N) is 5. The number of ether oxygens (including phenoxy) is 4. The number of hydrogen-bond donors (Lipinski definition) is 10. The highest BCUT2D eigenvalue weighted by Crippen LogP contribution is 2.38. The predicted octanol–water partition coefficient (Wildman–Crippen LogP) is 7.96. The van der Waals surface area contributed by atoms with Crippen LogP contribution < -0.4 is 46.5 Å². The first-order valence-corrected chi connectivity index (χ1v) is 50.8. The first-order chi connectivity index (χ1) is 63.3. The Balaban J connectivity index is 0.000000195. The number of aliphatic hydroxyl groups is 4. The van der Waals surface area contributed by atoms with E-state index in [0.717, 1.165) is 57.3 Å². The lowest BCUT2D eigenvalue weighted by atomic mass is 9.93. The van der Waals surface area contributed by atoms with Crippen molar-refractivity contribution in [1.82, 2.24) is 97.8 Å². The van der Waals surface area contributed by atoms with Crippen LogP contribution in [-0.4, -0.2) is 262 Å². The molecule has 0 bridgehead atoms. The number of aromatic nitrogens is 16. The SMILES string of the molecule is C.CCCc1nn(C)c2c(=O)[nH]c(-c3cc(S(=O)(=O)Cl)ccc3OCC)nc12.CCCc1nn(C)c2c(=O)[nH]c(-c3cc(S(=O)(=O)N4CCC([C@@H](O)CO)CC4)ccc3OCC)nc12.CCCc1nn(C)c2c(=O)[nH]c(-c3cc(S(=O)(=O)N4CCN(C)CC4)ccc3OCC)nc12.CCCc1nn(C)c2c(=O)[nH]c(-c3cc(S(=O)(=O)O)ccc3OCC)nc12.Cl.OC[C@H](O)C1CCNCC1. The Kier molecular flexibility index (Phi) is 38.1. The molecule has 11 heterocycles. The van der Waals surface area contributed by atoms with Crippen LogP contribution in [0.4, 0.5) is 0 Å². The molecular formula is C88H122Cl2N20O21S4. The number of benzene rings is 4. The summed E-state index contributed by atoms with van der Waals surface area (Å²) in [6.45, 7) is 20.9. The number of hydrogen-bond acceptors (Lipinski definition) is 30. The molecule has 0 unspecified atom stereocenters. The van der Waals surface area contributed by atoms with Gasteiger partial charge in [-0.2, -0.15) is 37.4 Å². The van der Waals surface area contributed by atoms with Crippen LogP contribution in [0, 0.1) is 11.8 Å². The third-order valence-corrected chi connectivity index (χ3v) is 28.7. The number of piperazine rings is 1. The number of aliphatic hydroxyl groups excluding tert-OH is 4. The third-order valence-electron chi connectivity index (χ3n) is 22.7. The zero-order valence-corrected chi connectivity index (χ0v) is 81.9. The second kappa shape index (κ2) is 47.5. The number of halogens is 2. The number of fused-ring (bicyclic) bond motifs is 4. The summed E-state index contributed by atoms with van der Waals surface area (Å²) in [5.41, 5.74) is 6.17. The van der Waals surface area contributed by atoms with Gasteiger partial charge in [0.15, 0.2) is 22.1 Å². The van der Waals surface area contributed by atoms with E-state index in [-0.39, 0.29) is 117 Å². The van der Waals surface area contributed by atoms with E-state index in [4.69, 9.17) is 39.7 Å². The van der Waals surface area contributed by atoms with Crippen LogP contribution in [0.2, 0.25) is 0 Å². The average Bonchev–Trinajstić information content (AvgIpc) is 1.64. The third kappa shape index (κ3) is 25.1. The Morgan fingerprint density at radius 1 is 0.407 bits per heavy atom. The molecule has 135 heavy (non-hydrogen) atoms. The van der Waals surface area contributed by atoms with Crippen molar-refractivity contribution < 1.29 is 77.6 Å². The van der Waals surface area contributed by atoms with Gasteiger partial charge in [-0.3, -0.25) is 42.5 Å². The first kappa shape index (κ1) is 108. The minimum absolute atomic E-state index is 0. The van der Waals surface area contributed by atoms with Crippen LogP contribution in [0.1, 0.15) is 137 Å². The van der Waals surface area contributed by atoms with Crippen molar-refractivity contribution in [1.29, 1.82) is 0 Å². The topological polar surface area (TPSA) is 551 Å². The zero-order chi connectivity index (χ0) is 96.7. The summed E-state index contributed by atoms with van der Waals surface area (Å²) < 4.78 is 141. The standard InChI is InChI=1S/C24H33N5O6S.C22H30N6O4S.C17H19ClN4O4S.C17H20N4O5S.C7H15NO2.CH4.ClH/c1-4-6-18-21-22(28(3)27-18)24(32)26-23(25-21)17-13-16(7-8-20(17)35-5-2)36(33,34)29-11-9-15(10-12-29)19(31)14-30;1-5-7-17-19-20(27(4)25-17)22(29)24-21(23-19)16-14-15(8-9-18(16)32-6-2)33(30,31)28-12-10-26(3)11-13-28;1-4-6-12-14-15(22(3)21-12)17(23)20-16(19-14)11-9-10(27(18,24)25)7-8-13(11)26-5-2;1-4-6-12-14-15(21(3)20-12)17(22)19-16(18-14)11-9-10(27(23,24)25)7-8-13(11)26-5-2;9-5-7(10)6-1-3-8-4-2-6;;/h7-8,13,15,19,30-31H,4-6,9-12,14H2,1-3H3,(H,25,26,32);8-9,14H,5-7,10-13H2,1-4H3,(H,23,24,29);7-9H,4-6H2,1-3H3,(H,19,20,23);7-9H,4-6H2,1-3H3,(H,18,19,22)(H,23,24,25);6-10H,1-5H2;1H4;1H/t19-;;;;7-;;/m0...0../s1. The van der Waals surface area contributed by atoms with E-state index in [1.54, 1.807) is 66.3 Å². The maximum atomic E-state index is 13.5.